The first-order valence-corrected chi connectivity index (χ1v) is 4.93. The minimum Gasteiger partial charge on any atom is -0.392 e. The van der Waals surface area contributed by atoms with Crippen molar-refractivity contribution in [2.45, 2.75) is 20.5 Å². The minimum absolute atomic E-state index is 0.0923. The zero-order valence-electron chi connectivity index (χ0n) is 8.94. The van der Waals surface area contributed by atoms with Crippen LogP contribution in [0.2, 0.25) is 0 Å². The molecule has 3 heteroatoms. The van der Waals surface area contributed by atoms with Gasteiger partial charge >= 0.3 is 0 Å². The molecule has 1 heterocycles. The first kappa shape index (κ1) is 9.93. The first-order chi connectivity index (χ1) is 7.22. The van der Waals surface area contributed by atoms with Crippen molar-refractivity contribution in [2.75, 3.05) is 0 Å². The first-order valence-electron chi connectivity index (χ1n) is 4.93. The quantitative estimate of drug-likeness (QED) is 0.808. The highest BCUT2D eigenvalue weighted by Crippen LogP contribution is 2.15. The number of aliphatic hydroxyl groups is 1. The van der Waals surface area contributed by atoms with Crippen molar-refractivity contribution in [1.29, 1.82) is 0 Å². The van der Waals surface area contributed by atoms with Gasteiger partial charge in [-0.25, -0.2) is 4.98 Å². The van der Waals surface area contributed by atoms with Crippen molar-refractivity contribution in [3.63, 3.8) is 0 Å². The average Bonchev–Trinajstić information content (AvgIpc) is 2.64. The molecule has 78 valence electrons. The van der Waals surface area contributed by atoms with Crippen LogP contribution in [-0.4, -0.2) is 14.7 Å². The molecule has 1 aromatic carbocycles. The molecule has 0 spiro atoms. The molecule has 1 N–H and O–H groups in total. The number of aliphatic hydroxyl groups excluding tert-OH is 1. The summed E-state index contributed by atoms with van der Waals surface area (Å²) < 4.78 is 2.02. The van der Waals surface area contributed by atoms with Crippen LogP contribution in [0, 0.1) is 13.8 Å². The van der Waals surface area contributed by atoms with Crippen LogP contribution >= 0.6 is 0 Å². The maximum absolute atomic E-state index is 9.08. The van der Waals surface area contributed by atoms with Gasteiger partial charge in [0, 0.05) is 18.1 Å². The molecular weight excluding hydrogens is 188 g/mol. The largest absolute Gasteiger partial charge is 0.392 e. The molecule has 1 aromatic heterocycles. The van der Waals surface area contributed by atoms with Gasteiger partial charge in [0.05, 0.1) is 6.61 Å². The monoisotopic (exact) mass is 202 g/mol. The summed E-state index contributed by atoms with van der Waals surface area (Å²) in [6, 6.07) is 6.00. The van der Waals surface area contributed by atoms with Crippen LogP contribution in [-0.2, 0) is 6.61 Å². The zero-order valence-corrected chi connectivity index (χ0v) is 8.94. The molecule has 0 amide bonds. The molecule has 0 fully saturated rings. The van der Waals surface area contributed by atoms with E-state index in [0.29, 0.717) is 0 Å². The second-order valence-corrected chi connectivity index (χ2v) is 3.61. The summed E-state index contributed by atoms with van der Waals surface area (Å²) in [5.41, 5.74) is 3.15. The zero-order chi connectivity index (χ0) is 10.8. The van der Waals surface area contributed by atoms with E-state index in [9.17, 15) is 0 Å². The van der Waals surface area contributed by atoms with Gasteiger partial charge in [-0.15, -0.1) is 0 Å². The Hall–Kier alpha value is -1.61. The van der Waals surface area contributed by atoms with Crippen LogP contribution in [0.3, 0.4) is 0 Å². The van der Waals surface area contributed by atoms with Crippen molar-refractivity contribution < 1.29 is 5.11 Å². The van der Waals surface area contributed by atoms with E-state index < -0.39 is 0 Å². The number of hydrogen-bond acceptors (Lipinski definition) is 2. The topological polar surface area (TPSA) is 38.0 Å². The molecule has 2 rings (SSSR count). The summed E-state index contributed by atoms with van der Waals surface area (Å²) in [6.07, 6.45) is 3.72. The lowest BCUT2D eigenvalue weighted by molar-refractivity contribution is 0.281. The van der Waals surface area contributed by atoms with E-state index in [1.54, 1.807) is 6.20 Å². The molecule has 0 radical (unpaired) electrons. The van der Waals surface area contributed by atoms with Crippen molar-refractivity contribution in [3.8, 4) is 5.69 Å². The lowest BCUT2D eigenvalue weighted by atomic mass is 10.1. The molecule has 0 atom stereocenters. The van der Waals surface area contributed by atoms with Gasteiger partial charge < -0.3 is 9.67 Å². The Balaban J connectivity index is 2.47. The van der Waals surface area contributed by atoms with Gasteiger partial charge in [-0.1, -0.05) is 6.07 Å². The number of nitrogens with zero attached hydrogens (tertiary/aromatic N) is 2. The fourth-order valence-corrected chi connectivity index (χ4v) is 1.66. The van der Waals surface area contributed by atoms with E-state index in [4.69, 9.17) is 5.11 Å². The Kier molecular flexibility index (Phi) is 2.56. The molecule has 0 saturated heterocycles. The number of imidazole rings is 1. The summed E-state index contributed by atoms with van der Waals surface area (Å²) in [7, 11) is 0. The number of hydrogen-bond donors (Lipinski definition) is 1. The Morgan fingerprint density at radius 3 is 2.67 bits per heavy atom. The summed E-state index contributed by atoms with van der Waals surface area (Å²) in [4.78, 5) is 4.18. The normalized spacial score (nSPS) is 10.6. The van der Waals surface area contributed by atoms with E-state index in [1.165, 1.54) is 0 Å². The van der Waals surface area contributed by atoms with Crippen molar-refractivity contribution >= 4 is 0 Å². The van der Waals surface area contributed by atoms with Crippen LogP contribution in [0.25, 0.3) is 5.69 Å². The maximum Gasteiger partial charge on any atom is 0.110 e. The van der Waals surface area contributed by atoms with E-state index in [0.717, 1.165) is 22.6 Å². The van der Waals surface area contributed by atoms with Crippen molar-refractivity contribution in [2.24, 2.45) is 0 Å². The van der Waals surface area contributed by atoms with Gasteiger partial charge in [0.15, 0.2) is 0 Å². The second-order valence-electron chi connectivity index (χ2n) is 3.61. The second kappa shape index (κ2) is 3.87. The molecular formula is C12H14N2O. The van der Waals surface area contributed by atoms with E-state index in [1.807, 2.05) is 36.7 Å². The molecule has 0 aliphatic carbocycles. The van der Waals surface area contributed by atoms with E-state index >= 15 is 0 Å². The van der Waals surface area contributed by atoms with Crippen LogP contribution in [0.4, 0.5) is 0 Å². The highest BCUT2D eigenvalue weighted by atomic mass is 16.3. The lowest BCUT2D eigenvalue weighted by Gasteiger charge is -2.08. The summed E-state index contributed by atoms with van der Waals surface area (Å²) in [5, 5.41) is 9.08. The van der Waals surface area contributed by atoms with Crippen LogP contribution < -0.4 is 0 Å². The molecule has 0 saturated carbocycles. The Morgan fingerprint density at radius 1 is 1.33 bits per heavy atom. The van der Waals surface area contributed by atoms with Gasteiger partial charge in [-0.05, 0) is 37.1 Å². The summed E-state index contributed by atoms with van der Waals surface area (Å²) in [5.74, 6) is 0.964. The predicted molar refractivity (Wildman–Crippen MR) is 59.0 cm³/mol. The van der Waals surface area contributed by atoms with E-state index in [-0.39, 0.29) is 6.61 Å². The van der Waals surface area contributed by atoms with Gasteiger partial charge in [-0.2, -0.15) is 0 Å². The Morgan fingerprint density at radius 2 is 2.13 bits per heavy atom. The molecule has 0 aliphatic heterocycles. The summed E-state index contributed by atoms with van der Waals surface area (Å²) in [6.45, 7) is 4.06. The third-order valence-electron chi connectivity index (χ3n) is 2.60. The third kappa shape index (κ3) is 1.78. The van der Waals surface area contributed by atoms with Crippen molar-refractivity contribution in [1.82, 2.24) is 9.55 Å². The predicted octanol–water partition coefficient (Wildman–Crippen LogP) is 1.98. The van der Waals surface area contributed by atoms with Crippen molar-refractivity contribution in [3.05, 3.63) is 47.5 Å². The molecule has 15 heavy (non-hydrogen) atoms. The standard InChI is InChI=1S/C12H14N2O/c1-9-7-12(4-3-11(9)8-15)14-6-5-13-10(14)2/h3-7,15H,8H2,1-2H3. The number of benzene rings is 1. The number of aromatic nitrogens is 2. The molecule has 0 bridgehead atoms. The Bertz CT molecular complexity index is 474. The number of aryl methyl sites for hydroxylation is 2. The average molecular weight is 202 g/mol. The summed E-state index contributed by atoms with van der Waals surface area (Å²) >= 11 is 0. The fraction of sp³-hybridized carbons (Fsp3) is 0.250. The lowest BCUT2D eigenvalue weighted by Crippen LogP contribution is -1.97. The van der Waals surface area contributed by atoms with Gasteiger partial charge in [0.2, 0.25) is 0 Å². The Labute approximate surface area is 89.0 Å². The van der Waals surface area contributed by atoms with E-state index in [2.05, 4.69) is 11.1 Å². The van der Waals surface area contributed by atoms with Gasteiger partial charge in [0.1, 0.15) is 5.82 Å². The SMILES string of the molecule is Cc1cc(-n2ccnc2C)ccc1CO. The molecule has 0 aliphatic rings. The third-order valence-corrected chi connectivity index (χ3v) is 2.60. The molecule has 0 unspecified atom stereocenters. The smallest absolute Gasteiger partial charge is 0.110 e. The van der Waals surface area contributed by atoms with Crippen LogP contribution in [0.5, 0.6) is 0 Å². The number of rotatable bonds is 2. The molecule has 3 nitrogen and oxygen atoms in total. The van der Waals surface area contributed by atoms with Crippen LogP contribution in [0.1, 0.15) is 17.0 Å². The van der Waals surface area contributed by atoms with Gasteiger partial charge in [-0.3, -0.25) is 0 Å². The minimum atomic E-state index is 0.0923. The van der Waals surface area contributed by atoms with Gasteiger partial charge in [0.25, 0.3) is 0 Å². The maximum atomic E-state index is 9.08. The van der Waals surface area contributed by atoms with Crippen LogP contribution in [0.15, 0.2) is 30.6 Å². The highest BCUT2D eigenvalue weighted by Gasteiger charge is 2.02. The highest BCUT2D eigenvalue weighted by molar-refractivity contribution is 5.40. The fourth-order valence-electron chi connectivity index (χ4n) is 1.66. The molecule has 2 aromatic rings.